The fourth-order valence-electron chi connectivity index (χ4n) is 3.42. The number of benzene rings is 2. The molecule has 27 heavy (non-hydrogen) atoms. The number of ether oxygens (including phenoxy) is 1. The normalized spacial score (nSPS) is 30.6. The van der Waals surface area contributed by atoms with E-state index < -0.39 is 36.6 Å². The number of aliphatic hydroxyl groups excluding tert-OH is 4. The fourth-order valence-corrected chi connectivity index (χ4v) is 3.42. The first kappa shape index (κ1) is 22.5. The molecule has 0 bridgehead atoms. The van der Waals surface area contributed by atoms with Crippen LogP contribution in [0.4, 0.5) is 0 Å². The monoisotopic (exact) mass is 445 g/mol. The molecule has 2 aromatic rings. The molecule has 1 heterocycles. The van der Waals surface area contributed by atoms with Crippen molar-refractivity contribution < 1.29 is 57.9 Å². The molecule has 4 N–H and O–H groups in total. The van der Waals surface area contributed by atoms with Gasteiger partial charge in [0, 0.05) is 32.7 Å². The Balaban J connectivity index is 0.00000261. The fraction of sp³-hybridized carbons (Fsp3) is 0.333. The Morgan fingerprint density at radius 2 is 1.63 bits per heavy atom. The molecule has 1 aliphatic heterocycles. The van der Waals surface area contributed by atoms with Crippen molar-refractivity contribution in [3.05, 3.63) is 84.6 Å². The quantitative estimate of drug-likeness (QED) is 0.527. The summed E-state index contributed by atoms with van der Waals surface area (Å²) in [5, 5.41) is 40.1. The Labute approximate surface area is 184 Å². The number of hydrogen-bond donors (Lipinski definition) is 4. The number of aliphatic hydroxyl groups is 4. The molecule has 6 heteroatoms. The maximum Gasteiger partial charge on any atom is 0.111 e. The van der Waals surface area contributed by atoms with Crippen LogP contribution in [0.2, 0.25) is 0 Å². The first-order valence-electron chi connectivity index (χ1n) is 8.54. The van der Waals surface area contributed by atoms with Gasteiger partial charge in [-0.3, -0.25) is 0 Å². The molecule has 0 amide bonds. The van der Waals surface area contributed by atoms with Gasteiger partial charge in [0.25, 0.3) is 0 Å². The number of rotatable bonds is 4. The van der Waals surface area contributed by atoms with Crippen molar-refractivity contribution in [1.82, 2.24) is 0 Å². The molecule has 143 valence electrons. The van der Waals surface area contributed by atoms with Crippen molar-refractivity contribution in [1.29, 1.82) is 0 Å². The van der Waals surface area contributed by atoms with Gasteiger partial charge in [-0.15, -0.1) is 17.7 Å². The Bertz CT molecular complexity index is 751. The van der Waals surface area contributed by atoms with Crippen molar-refractivity contribution >= 4 is 0 Å². The zero-order valence-corrected chi connectivity index (χ0v) is 17.9. The van der Waals surface area contributed by atoms with E-state index in [0.29, 0.717) is 17.5 Å². The van der Waals surface area contributed by atoms with Gasteiger partial charge in [0.1, 0.15) is 18.3 Å². The van der Waals surface area contributed by atoms with E-state index in [1.807, 2.05) is 48.5 Å². The molecule has 1 radical (unpaired) electrons. The average Bonchev–Trinajstić information content (AvgIpc) is 2.65. The Kier molecular flexibility index (Phi) is 7.62. The average molecular weight is 445 g/mol. The van der Waals surface area contributed by atoms with Gasteiger partial charge in [-0.1, -0.05) is 35.9 Å². The van der Waals surface area contributed by atoms with Gasteiger partial charge < -0.3 is 32.1 Å². The van der Waals surface area contributed by atoms with E-state index >= 15 is 0 Å². The van der Waals surface area contributed by atoms with E-state index in [4.69, 9.17) is 4.74 Å². The second kappa shape index (κ2) is 9.14. The molecule has 1 saturated heterocycles. The molecule has 0 saturated carbocycles. The van der Waals surface area contributed by atoms with Gasteiger partial charge in [0.2, 0.25) is 0 Å². The molecule has 1 fully saturated rings. The Hall–Kier alpha value is -0.786. The van der Waals surface area contributed by atoms with Crippen LogP contribution >= 0.6 is 0 Å². The third-order valence-corrected chi connectivity index (χ3v) is 4.95. The topological polar surface area (TPSA) is 90.2 Å². The van der Waals surface area contributed by atoms with Crippen LogP contribution in [0.5, 0.6) is 0 Å². The van der Waals surface area contributed by atoms with E-state index in [1.165, 1.54) is 0 Å². The zero-order valence-electron chi connectivity index (χ0n) is 15.0. The van der Waals surface area contributed by atoms with Gasteiger partial charge in [-0.05, 0) is 17.6 Å². The third-order valence-electron chi connectivity index (χ3n) is 4.95. The second-order valence-electron chi connectivity index (χ2n) is 6.81. The summed E-state index contributed by atoms with van der Waals surface area (Å²) in [6, 6.07) is 15.5. The van der Waals surface area contributed by atoms with E-state index in [0.717, 1.165) is 11.1 Å². The molecule has 3 rings (SSSR count). The SMILES string of the molecule is [CH2-]c1ccc(Cc2ccccc2)cc1[C@]1([CH2-])O[C@H](CO)[C@@H](O)[C@H](O)[C@H]1O.[Y]. The van der Waals surface area contributed by atoms with Gasteiger partial charge in [-0.2, -0.15) is 18.6 Å². The first-order valence-corrected chi connectivity index (χ1v) is 8.54. The van der Waals surface area contributed by atoms with Crippen LogP contribution in [0.3, 0.4) is 0 Å². The minimum atomic E-state index is -1.55. The van der Waals surface area contributed by atoms with Crippen molar-refractivity contribution in [2.45, 2.75) is 36.4 Å². The second-order valence-corrected chi connectivity index (χ2v) is 6.81. The van der Waals surface area contributed by atoms with Gasteiger partial charge in [-0.25, -0.2) is 0 Å². The van der Waals surface area contributed by atoms with Crippen LogP contribution in [-0.2, 0) is 49.5 Å². The van der Waals surface area contributed by atoms with Crippen molar-refractivity contribution in [3.8, 4) is 0 Å². The van der Waals surface area contributed by atoms with E-state index in [1.54, 1.807) is 0 Å². The zero-order chi connectivity index (χ0) is 18.9. The van der Waals surface area contributed by atoms with Crippen LogP contribution in [-0.4, -0.2) is 51.4 Å². The van der Waals surface area contributed by atoms with Crippen LogP contribution in [0, 0.1) is 13.8 Å². The van der Waals surface area contributed by atoms with Crippen molar-refractivity contribution in [3.63, 3.8) is 0 Å². The van der Waals surface area contributed by atoms with E-state index in [2.05, 4.69) is 13.8 Å². The smallest absolute Gasteiger partial charge is 0.111 e. The molecule has 2 aromatic carbocycles. The van der Waals surface area contributed by atoms with Gasteiger partial charge in [0.05, 0.1) is 12.7 Å². The predicted molar refractivity (Wildman–Crippen MR) is 97.2 cm³/mol. The van der Waals surface area contributed by atoms with E-state index in [9.17, 15) is 20.4 Å². The summed E-state index contributed by atoms with van der Waals surface area (Å²) >= 11 is 0. The molecule has 5 nitrogen and oxygen atoms in total. The summed E-state index contributed by atoms with van der Waals surface area (Å²) in [5.74, 6) is 0. The summed E-state index contributed by atoms with van der Waals surface area (Å²) in [4.78, 5) is 0. The molecular formula is C21H24O5Y-2. The van der Waals surface area contributed by atoms with Crippen LogP contribution in [0.25, 0.3) is 0 Å². The van der Waals surface area contributed by atoms with Crippen LogP contribution in [0.1, 0.15) is 22.3 Å². The largest absolute Gasteiger partial charge is 0.403 e. The summed E-state index contributed by atoms with van der Waals surface area (Å²) in [7, 11) is 0. The Morgan fingerprint density at radius 3 is 2.26 bits per heavy atom. The van der Waals surface area contributed by atoms with E-state index in [-0.39, 0.29) is 32.7 Å². The summed E-state index contributed by atoms with van der Waals surface area (Å²) in [5.41, 5.74) is 1.66. The number of hydrogen-bond acceptors (Lipinski definition) is 5. The maximum atomic E-state index is 10.5. The van der Waals surface area contributed by atoms with Crippen LogP contribution < -0.4 is 0 Å². The predicted octanol–water partition coefficient (Wildman–Crippen LogP) is 0.960. The molecule has 1 aliphatic rings. The van der Waals surface area contributed by atoms with Crippen molar-refractivity contribution in [2.24, 2.45) is 0 Å². The molecule has 0 spiro atoms. The summed E-state index contributed by atoms with van der Waals surface area (Å²) in [6.45, 7) is 7.46. The maximum absolute atomic E-state index is 10.5. The van der Waals surface area contributed by atoms with Gasteiger partial charge >= 0.3 is 0 Å². The molecule has 0 unspecified atom stereocenters. The third kappa shape index (κ3) is 4.46. The molecular weight excluding hydrogens is 421 g/mol. The molecule has 0 aromatic heterocycles. The minimum absolute atomic E-state index is 0. The molecule has 5 atom stereocenters. The van der Waals surface area contributed by atoms with Crippen molar-refractivity contribution in [2.75, 3.05) is 6.61 Å². The minimum Gasteiger partial charge on any atom is -0.403 e. The summed E-state index contributed by atoms with van der Waals surface area (Å²) in [6.07, 6.45) is -4.73. The first-order chi connectivity index (χ1) is 12.4. The van der Waals surface area contributed by atoms with Crippen LogP contribution in [0.15, 0.2) is 48.5 Å². The standard InChI is InChI=1S/C21H24O5.Y/c1-13-8-9-15(10-14-6-4-3-5-7-14)11-16(13)21(2)20(25)19(24)18(23)17(12-22)26-21;/h3-9,11,17-20,22-25H,1-2,10,12H2;/q-2;/t17-,18-,19+,20-,21+;/m1./s1. The Morgan fingerprint density at radius 1 is 0.963 bits per heavy atom. The van der Waals surface area contributed by atoms with Gasteiger partial charge in [0.15, 0.2) is 0 Å². The molecule has 0 aliphatic carbocycles. The summed E-state index contributed by atoms with van der Waals surface area (Å²) < 4.78 is 5.73.